The molecule has 0 saturated heterocycles. The smallest absolute Gasteiger partial charge is 0.135 e. The van der Waals surface area contributed by atoms with Crippen molar-refractivity contribution in [1.82, 2.24) is 0 Å². The van der Waals surface area contributed by atoms with E-state index in [1.54, 1.807) is 0 Å². The largest absolute Gasteiger partial charge is 0.457 e. The molecule has 0 amide bonds. The van der Waals surface area contributed by atoms with E-state index in [0.29, 0.717) is 0 Å². The van der Waals surface area contributed by atoms with Crippen molar-refractivity contribution in [1.29, 1.82) is 0 Å². The third-order valence-corrected chi connectivity index (χ3v) is 11.6. The first-order chi connectivity index (χ1) is 26.6. The highest BCUT2D eigenvalue weighted by Gasteiger charge is 2.47. The van der Waals surface area contributed by atoms with Crippen molar-refractivity contribution in [2.24, 2.45) is 0 Å². The highest BCUT2D eigenvalue weighted by Crippen LogP contribution is 2.59. The highest BCUT2D eigenvalue weighted by atomic mass is 16.5. The number of hydrogen-bond donors (Lipinski definition) is 0. The Hall–Kier alpha value is -6.64. The number of aryl methyl sites for hydroxylation is 1. The molecule has 258 valence electrons. The normalized spacial score (nSPS) is 14.3. The minimum Gasteiger partial charge on any atom is -0.457 e. The van der Waals surface area contributed by atoms with Crippen LogP contribution in [0.2, 0.25) is 0 Å². The molecule has 0 aromatic heterocycles. The Balaban J connectivity index is 1.20. The lowest BCUT2D eigenvalue weighted by molar-refractivity contribution is 0.431. The maximum atomic E-state index is 6.96. The van der Waals surface area contributed by atoms with Gasteiger partial charge in [0.15, 0.2) is 0 Å². The van der Waals surface area contributed by atoms with Crippen LogP contribution in [-0.2, 0) is 10.8 Å². The standard InChI is InChI=1S/C52H38O2/c1-35-27-32-48-46(33-35)52(40-21-11-5-12-22-40,41-23-13-6-14-24-41)44-30-28-37(34-49(44)53-48)42-29-31-45-50(36(42)2)54-47-26-16-15-25-43(47)51(45,38-17-7-3-8-18-38)39-19-9-4-10-20-39/h3-34H,1-2H3. The van der Waals surface area contributed by atoms with E-state index in [4.69, 9.17) is 9.47 Å². The van der Waals surface area contributed by atoms with Crippen molar-refractivity contribution in [3.05, 3.63) is 250 Å². The monoisotopic (exact) mass is 694 g/mol. The molecule has 0 bridgehead atoms. The van der Waals surface area contributed by atoms with Crippen LogP contribution in [0.25, 0.3) is 11.1 Å². The summed E-state index contributed by atoms with van der Waals surface area (Å²) in [6.45, 7) is 4.35. The molecule has 2 aliphatic heterocycles. The molecule has 2 nitrogen and oxygen atoms in total. The van der Waals surface area contributed by atoms with E-state index < -0.39 is 10.8 Å². The second-order valence-electron chi connectivity index (χ2n) is 14.5. The van der Waals surface area contributed by atoms with Gasteiger partial charge >= 0.3 is 0 Å². The predicted octanol–water partition coefficient (Wildman–Crippen LogP) is 12.9. The fourth-order valence-electron chi connectivity index (χ4n) is 9.26. The molecular formula is C52H38O2. The van der Waals surface area contributed by atoms with E-state index in [1.165, 1.54) is 27.8 Å². The fraction of sp³-hybridized carbons (Fsp3) is 0.0769. The minimum absolute atomic E-state index is 0.568. The number of para-hydroxylation sites is 1. The van der Waals surface area contributed by atoms with E-state index in [-0.39, 0.29) is 0 Å². The third-order valence-electron chi connectivity index (χ3n) is 11.6. The summed E-state index contributed by atoms with van der Waals surface area (Å²) in [5, 5.41) is 0. The van der Waals surface area contributed by atoms with Gasteiger partial charge in [-0.3, -0.25) is 0 Å². The molecule has 0 atom stereocenters. The lowest BCUT2D eigenvalue weighted by atomic mass is 9.63. The molecule has 2 heteroatoms. The molecule has 0 spiro atoms. The van der Waals surface area contributed by atoms with Crippen molar-refractivity contribution in [2.75, 3.05) is 0 Å². The van der Waals surface area contributed by atoms with Gasteiger partial charge in [0.2, 0.25) is 0 Å². The van der Waals surface area contributed by atoms with Gasteiger partial charge in [0.25, 0.3) is 0 Å². The van der Waals surface area contributed by atoms with Gasteiger partial charge in [-0.15, -0.1) is 0 Å². The molecule has 10 rings (SSSR count). The van der Waals surface area contributed by atoms with Gasteiger partial charge in [-0.25, -0.2) is 0 Å². The maximum absolute atomic E-state index is 6.96. The van der Waals surface area contributed by atoms with Crippen LogP contribution in [0.1, 0.15) is 55.6 Å². The van der Waals surface area contributed by atoms with Crippen LogP contribution in [0.5, 0.6) is 23.0 Å². The summed E-state index contributed by atoms with van der Waals surface area (Å²) in [5.41, 5.74) is 12.7. The maximum Gasteiger partial charge on any atom is 0.135 e. The topological polar surface area (TPSA) is 18.5 Å². The number of ether oxygens (including phenoxy) is 2. The number of benzene rings is 8. The van der Waals surface area contributed by atoms with Crippen molar-refractivity contribution in [3.63, 3.8) is 0 Å². The van der Waals surface area contributed by atoms with Gasteiger partial charge < -0.3 is 9.47 Å². The van der Waals surface area contributed by atoms with Crippen molar-refractivity contribution < 1.29 is 9.47 Å². The van der Waals surface area contributed by atoms with Crippen LogP contribution < -0.4 is 9.47 Å². The van der Waals surface area contributed by atoms with Crippen LogP contribution in [0.3, 0.4) is 0 Å². The SMILES string of the molecule is Cc1ccc2c(c1)C(c1ccccc1)(c1ccccc1)c1ccc(-c3ccc4c(c3C)Oc3ccccc3C4(c3ccccc3)c3ccccc3)cc1O2. The summed E-state index contributed by atoms with van der Waals surface area (Å²) in [4.78, 5) is 0. The molecule has 0 fully saturated rings. The summed E-state index contributed by atoms with van der Waals surface area (Å²) in [7, 11) is 0. The van der Waals surface area contributed by atoms with Crippen LogP contribution in [0, 0.1) is 13.8 Å². The van der Waals surface area contributed by atoms with E-state index in [2.05, 4.69) is 208 Å². The summed E-state index contributed by atoms with van der Waals surface area (Å²) in [6.07, 6.45) is 0. The molecule has 8 aromatic carbocycles. The van der Waals surface area contributed by atoms with E-state index in [1.807, 2.05) is 0 Å². The Morgan fingerprint density at radius 1 is 0.352 bits per heavy atom. The number of rotatable bonds is 5. The Bertz CT molecular complexity index is 2580. The van der Waals surface area contributed by atoms with E-state index in [0.717, 1.165) is 61.9 Å². The molecule has 2 aliphatic rings. The van der Waals surface area contributed by atoms with E-state index >= 15 is 0 Å². The number of hydrogen-bond acceptors (Lipinski definition) is 2. The fourth-order valence-corrected chi connectivity index (χ4v) is 9.26. The summed E-state index contributed by atoms with van der Waals surface area (Å²) >= 11 is 0. The summed E-state index contributed by atoms with van der Waals surface area (Å²) in [5.74, 6) is 3.48. The Labute approximate surface area is 317 Å². The molecule has 0 N–H and O–H groups in total. The average molecular weight is 695 g/mol. The molecule has 0 aliphatic carbocycles. The second kappa shape index (κ2) is 12.5. The zero-order valence-corrected chi connectivity index (χ0v) is 30.3. The molecular weight excluding hydrogens is 657 g/mol. The first-order valence-electron chi connectivity index (χ1n) is 18.7. The molecule has 0 saturated carbocycles. The van der Waals surface area contributed by atoms with Gasteiger partial charge in [0.05, 0.1) is 10.8 Å². The van der Waals surface area contributed by atoms with E-state index in [9.17, 15) is 0 Å². The molecule has 0 unspecified atom stereocenters. The van der Waals surface area contributed by atoms with Crippen LogP contribution in [0.4, 0.5) is 0 Å². The Morgan fingerprint density at radius 2 is 0.833 bits per heavy atom. The quantitative estimate of drug-likeness (QED) is 0.179. The molecule has 0 radical (unpaired) electrons. The lowest BCUT2D eigenvalue weighted by Crippen LogP contribution is -2.34. The predicted molar refractivity (Wildman–Crippen MR) is 218 cm³/mol. The van der Waals surface area contributed by atoms with Crippen molar-refractivity contribution >= 4 is 0 Å². The van der Waals surface area contributed by atoms with Gasteiger partial charge in [0.1, 0.15) is 23.0 Å². The minimum atomic E-state index is -0.571. The zero-order valence-electron chi connectivity index (χ0n) is 30.3. The highest BCUT2D eigenvalue weighted by molar-refractivity contribution is 5.80. The van der Waals surface area contributed by atoms with Crippen LogP contribution in [-0.4, -0.2) is 0 Å². The molecule has 2 heterocycles. The number of fused-ring (bicyclic) bond motifs is 4. The molecule has 8 aromatic rings. The van der Waals surface area contributed by atoms with Crippen LogP contribution >= 0.6 is 0 Å². The molecule has 54 heavy (non-hydrogen) atoms. The van der Waals surface area contributed by atoms with Gasteiger partial charge in [0, 0.05) is 22.3 Å². The van der Waals surface area contributed by atoms with Crippen molar-refractivity contribution in [2.45, 2.75) is 24.7 Å². The second-order valence-corrected chi connectivity index (χ2v) is 14.5. The van der Waals surface area contributed by atoms with Gasteiger partial charge in [-0.2, -0.15) is 0 Å². The van der Waals surface area contributed by atoms with Crippen LogP contribution in [0.15, 0.2) is 194 Å². The summed E-state index contributed by atoms with van der Waals surface area (Å²) in [6, 6.07) is 69.8. The lowest BCUT2D eigenvalue weighted by Gasteiger charge is -2.42. The van der Waals surface area contributed by atoms with Crippen molar-refractivity contribution in [3.8, 4) is 34.1 Å². The summed E-state index contributed by atoms with van der Waals surface area (Å²) < 4.78 is 13.9. The van der Waals surface area contributed by atoms with Gasteiger partial charge in [-0.1, -0.05) is 181 Å². The Kier molecular flexibility index (Phi) is 7.42. The van der Waals surface area contributed by atoms with Gasteiger partial charge in [-0.05, 0) is 71.0 Å². The first kappa shape index (κ1) is 32.0. The third kappa shape index (κ3) is 4.60. The Morgan fingerprint density at radius 3 is 1.43 bits per heavy atom. The average Bonchev–Trinajstić information content (AvgIpc) is 3.23. The first-order valence-corrected chi connectivity index (χ1v) is 18.7. The zero-order chi connectivity index (χ0) is 36.3.